The smallest absolute Gasteiger partial charge is 0.288 e. The van der Waals surface area contributed by atoms with E-state index in [1.807, 2.05) is 17.2 Å². The van der Waals surface area contributed by atoms with Crippen LogP contribution in [0.15, 0.2) is 28.5 Å². The van der Waals surface area contributed by atoms with Gasteiger partial charge in [0.2, 0.25) is 0 Å². The van der Waals surface area contributed by atoms with Gasteiger partial charge in [-0.25, -0.2) is 13.4 Å². The van der Waals surface area contributed by atoms with Gasteiger partial charge in [-0.3, -0.25) is 10.1 Å². The van der Waals surface area contributed by atoms with Gasteiger partial charge in [0, 0.05) is 35.6 Å². The minimum absolute atomic E-state index is 0.204. The monoisotopic (exact) mass is 383 g/mol. The number of rotatable bonds is 4. The Morgan fingerprint density at radius 3 is 2.80 bits per heavy atom. The molecule has 2 heterocycles. The van der Waals surface area contributed by atoms with Gasteiger partial charge < -0.3 is 9.64 Å². The second kappa shape index (κ2) is 6.70. The van der Waals surface area contributed by atoms with E-state index in [9.17, 15) is 18.5 Å². The van der Waals surface area contributed by atoms with E-state index in [1.54, 1.807) is 6.07 Å². The van der Waals surface area contributed by atoms with Gasteiger partial charge in [0.05, 0.1) is 18.1 Å². The average molecular weight is 383 g/mol. The summed E-state index contributed by atoms with van der Waals surface area (Å²) in [6, 6.07) is 4.18. The molecule has 1 atom stereocenters. The molecular weight excluding hydrogens is 366 g/mol. The molecule has 1 aliphatic heterocycles. The molecule has 1 aliphatic rings. The lowest BCUT2D eigenvalue weighted by molar-refractivity contribution is -0.387. The molecule has 2 aromatic rings. The number of nitrogens with zero attached hydrogens (tertiary/aromatic N) is 3. The lowest BCUT2D eigenvalue weighted by Gasteiger charge is -2.33. The zero-order chi connectivity index (χ0) is 18.2. The number of anilines is 1. The Kier molecular flexibility index (Phi) is 4.76. The van der Waals surface area contributed by atoms with Crippen molar-refractivity contribution in [3.05, 3.63) is 44.4 Å². The first-order valence-electron chi connectivity index (χ1n) is 7.53. The summed E-state index contributed by atoms with van der Waals surface area (Å²) in [5.74, 6) is 0. The Morgan fingerprint density at radius 1 is 1.44 bits per heavy atom. The van der Waals surface area contributed by atoms with Crippen LogP contribution in [0.2, 0.25) is 0 Å². The summed E-state index contributed by atoms with van der Waals surface area (Å²) in [5, 5.41) is 13.9. The molecule has 0 amide bonds. The lowest BCUT2D eigenvalue weighted by atomic mass is 10.2. The minimum atomic E-state index is -3.71. The van der Waals surface area contributed by atoms with E-state index in [2.05, 4.69) is 4.98 Å². The molecule has 1 unspecified atom stereocenters. The van der Waals surface area contributed by atoms with Crippen molar-refractivity contribution in [3.8, 4) is 0 Å². The number of thiazole rings is 1. The molecule has 0 aliphatic carbocycles. The Morgan fingerprint density at radius 2 is 2.20 bits per heavy atom. The molecular formula is C15H17N3O5S2. The van der Waals surface area contributed by atoms with Crippen molar-refractivity contribution in [2.45, 2.75) is 17.9 Å². The largest absolute Gasteiger partial charge is 0.367 e. The maximum Gasteiger partial charge on any atom is 0.288 e. The highest BCUT2D eigenvalue weighted by Gasteiger charge is 2.28. The maximum atomic E-state index is 11.9. The summed E-state index contributed by atoms with van der Waals surface area (Å²) in [6.07, 6.45) is 0.767. The van der Waals surface area contributed by atoms with Gasteiger partial charge in [-0.05, 0) is 19.1 Å². The van der Waals surface area contributed by atoms with Crippen LogP contribution in [-0.4, -0.2) is 44.3 Å². The summed E-state index contributed by atoms with van der Waals surface area (Å²) in [6.45, 7) is 3.46. The zero-order valence-electron chi connectivity index (χ0n) is 13.7. The molecule has 0 N–H and O–H groups in total. The number of aryl methyl sites for hydroxylation is 1. The summed E-state index contributed by atoms with van der Waals surface area (Å²) in [4.78, 5) is 16.5. The van der Waals surface area contributed by atoms with Gasteiger partial charge in [0.1, 0.15) is 16.0 Å². The van der Waals surface area contributed by atoms with Crippen LogP contribution in [0.1, 0.15) is 16.8 Å². The second-order valence-corrected chi connectivity index (χ2v) is 8.69. The standard InChI is InChI=1S/C15H17N3O5S2/c1-10-9-24-15(16-10)13-8-17(5-6-23-13)11-3-4-12(18(19)20)14(7-11)25(2,21)22/h3-4,7,9,13H,5-6,8H2,1-2H3. The van der Waals surface area contributed by atoms with Crippen LogP contribution in [-0.2, 0) is 14.6 Å². The van der Waals surface area contributed by atoms with Crippen LogP contribution in [0, 0.1) is 17.0 Å². The van der Waals surface area contributed by atoms with Crippen LogP contribution >= 0.6 is 11.3 Å². The molecule has 134 valence electrons. The normalized spacial score (nSPS) is 18.3. The van der Waals surface area contributed by atoms with Gasteiger partial charge in [-0.2, -0.15) is 0 Å². The van der Waals surface area contributed by atoms with Crippen LogP contribution in [0.25, 0.3) is 0 Å². The highest BCUT2D eigenvalue weighted by atomic mass is 32.2. The highest BCUT2D eigenvalue weighted by Crippen LogP contribution is 2.32. The first-order chi connectivity index (χ1) is 11.8. The molecule has 0 spiro atoms. The Bertz CT molecular complexity index is 910. The number of sulfone groups is 1. The number of ether oxygens (including phenoxy) is 1. The molecule has 1 aromatic heterocycles. The van der Waals surface area contributed by atoms with Gasteiger partial charge in [0.15, 0.2) is 9.84 Å². The molecule has 0 bridgehead atoms. The first kappa shape index (κ1) is 17.8. The van der Waals surface area contributed by atoms with E-state index in [-0.39, 0.29) is 11.0 Å². The SMILES string of the molecule is Cc1csc(C2CN(c3ccc([N+](=O)[O-])c(S(C)(=O)=O)c3)CCO2)n1. The molecule has 25 heavy (non-hydrogen) atoms. The summed E-state index contributed by atoms with van der Waals surface area (Å²) >= 11 is 1.52. The average Bonchev–Trinajstić information content (AvgIpc) is 3.00. The summed E-state index contributed by atoms with van der Waals surface area (Å²) in [7, 11) is -3.71. The third kappa shape index (κ3) is 3.80. The number of morpholine rings is 1. The third-order valence-corrected chi connectivity index (χ3v) is 6.06. The third-order valence-electron chi connectivity index (χ3n) is 3.88. The topological polar surface area (TPSA) is 103 Å². The predicted molar refractivity (Wildman–Crippen MR) is 94.0 cm³/mol. The highest BCUT2D eigenvalue weighted by molar-refractivity contribution is 7.90. The fourth-order valence-electron chi connectivity index (χ4n) is 2.70. The van der Waals surface area contributed by atoms with Crippen molar-refractivity contribution in [3.63, 3.8) is 0 Å². The van der Waals surface area contributed by atoms with Crippen molar-refractivity contribution in [1.82, 2.24) is 4.98 Å². The van der Waals surface area contributed by atoms with Crippen LogP contribution in [0.4, 0.5) is 11.4 Å². The van der Waals surface area contributed by atoms with Crippen molar-refractivity contribution >= 4 is 32.5 Å². The number of hydrogen-bond donors (Lipinski definition) is 0. The van der Waals surface area contributed by atoms with Crippen LogP contribution < -0.4 is 4.90 Å². The number of hydrogen-bond acceptors (Lipinski definition) is 8. The van der Waals surface area contributed by atoms with Gasteiger partial charge in [-0.15, -0.1) is 11.3 Å². The van der Waals surface area contributed by atoms with E-state index in [0.29, 0.717) is 25.4 Å². The minimum Gasteiger partial charge on any atom is -0.367 e. The van der Waals surface area contributed by atoms with E-state index in [0.717, 1.165) is 17.0 Å². The van der Waals surface area contributed by atoms with Gasteiger partial charge in [-0.1, -0.05) is 0 Å². The van der Waals surface area contributed by atoms with E-state index >= 15 is 0 Å². The lowest BCUT2D eigenvalue weighted by Crippen LogP contribution is -2.38. The molecule has 10 heteroatoms. The summed E-state index contributed by atoms with van der Waals surface area (Å²) in [5.41, 5.74) is 1.13. The Balaban J connectivity index is 1.92. The predicted octanol–water partition coefficient (Wildman–Crippen LogP) is 2.34. The van der Waals surface area contributed by atoms with Crippen molar-refractivity contribution in [1.29, 1.82) is 0 Å². The Labute approximate surface area is 149 Å². The number of benzene rings is 1. The molecule has 0 saturated carbocycles. The van der Waals surface area contributed by atoms with Crippen molar-refractivity contribution in [2.75, 3.05) is 30.9 Å². The van der Waals surface area contributed by atoms with E-state index < -0.39 is 20.4 Å². The number of nitro benzene ring substituents is 1. The van der Waals surface area contributed by atoms with Crippen LogP contribution in [0.5, 0.6) is 0 Å². The molecule has 3 rings (SSSR count). The summed E-state index contributed by atoms with van der Waals surface area (Å²) < 4.78 is 29.6. The number of aromatic nitrogens is 1. The first-order valence-corrected chi connectivity index (χ1v) is 10.3. The molecule has 8 nitrogen and oxygen atoms in total. The van der Waals surface area contributed by atoms with Crippen molar-refractivity contribution in [2.24, 2.45) is 0 Å². The molecule has 1 aromatic carbocycles. The van der Waals surface area contributed by atoms with E-state index in [4.69, 9.17) is 4.74 Å². The zero-order valence-corrected chi connectivity index (χ0v) is 15.3. The Hall–Kier alpha value is -2.04. The molecule has 0 radical (unpaired) electrons. The van der Waals surface area contributed by atoms with Gasteiger partial charge in [0.25, 0.3) is 5.69 Å². The number of nitro groups is 1. The van der Waals surface area contributed by atoms with Crippen molar-refractivity contribution < 1.29 is 18.1 Å². The fourth-order valence-corrected chi connectivity index (χ4v) is 4.39. The second-order valence-electron chi connectivity index (χ2n) is 5.81. The van der Waals surface area contributed by atoms with E-state index in [1.165, 1.54) is 23.5 Å². The van der Waals surface area contributed by atoms with Crippen LogP contribution in [0.3, 0.4) is 0 Å². The molecule has 1 fully saturated rings. The molecule has 1 saturated heterocycles. The quantitative estimate of drug-likeness (QED) is 0.590. The fraction of sp³-hybridized carbons (Fsp3) is 0.400. The maximum absolute atomic E-state index is 11.9. The van der Waals surface area contributed by atoms with Gasteiger partial charge >= 0.3 is 0 Å².